The highest BCUT2D eigenvalue weighted by Crippen LogP contribution is 2.30. The average Bonchev–Trinajstić information content (AvgIpc) is 2.82. The zero-order valence-corrected chi connectivity index (χ0v) is 14.6. The third-order valence-electron chi connectivity index (χ3n) is 4.87. The number of anilines is 1. The fraction of sp³-hybridized carbons (Fsp3) is 0.529. The van der Waals surface area contributed by atoms with Gasteiger partial charge in [0.05, 0.1) is 17.1 Å². The van der Waals surface area contributed by atoms with Crippen LogP contribution in [0, 0.1) is 12.8 Å². The molecule has 126 valence electrons. The van der Waals surface area contributed by atoms with Crippen molar-refractivity contribution in [3.05, 3.63) is 34.5 Å². The van der Waals surface area contributed by atoms with E-state index in [0.717, 1.165) is 42.7 Å². The van der Waals surface area contributed by atoms with Crippen LogP contribution < -0.4 is 4.90 Å². The number of amides is 1. The molecule has 3 fully saturated rings. The summed E-state index contributed by atoms with van der Waals surface area (Å²) in [5, 5.41) is 3.01. The summed E-state index contributed by atoms with van der Waals surface area (Å²) in [6, 6.07) is 2.08. The van der Waals surface area contributed by atoms with Crippen molar-refractivity contribution < 1.29 is 4.79 Å². The van der Waals surface area contributed by atoms with E-state index in [1.165, 1.54) is 6.42 Å². The van der Waals surface area contributed by atoms with Crippen molar-refractivity contribution in [2.24, 2.45) is 5.92 Å². The molecule has 0 N–H and O–H groups in total. The number of hydrogen-bond donors (Lipinski definition) is 0. The quantitative estimate of drug-likeness (QED) is 0.852. The number of rotatable bonds is 3. The Morgan fingerprint density at radius 1 is 1.25 bits per heavy atom. The van der Waals surface area contributed by atoms with Crippen LogP contribution in [0.15, 0.2) is 23.8 Å². The molecule has 2 unspecified atom stereocenters. The minimum absolute atomic E-state index is 0.200. The van der Waals surface area contributed by atoms with Crippen molar-refractivity contribution in [1.29, 1.82) is 0 Å². The lowest BCUT2D eigenvalue weighted by Crippen LogP contribution is -2.48. The normalized spacial score (nSPS) is 23.4. The van der Waals surface area contributed by atoms with E-state index in [-0.39, 0.29) is 11.9 Å². The number of aromatic nitrogens is 3. The molecule has 3 aliphatic rings. The van der Waals surface area contributed by atoms with Crippen molar-refractivity contribution in [3.8, 4) is 0 Å². The highest BCUT2D eigenvalue weighted by molar-refractivity contribution is 7.09. The van der Waals surface area contributed by atoms with Gasteiger partial charge >= 0.3 is 0 Å². The molecule has 0 radical (unpaired) electrons. The fourth-order valence-corrected chi connectivity index (χ4v) is 4.36. The van der Waals surface area contributed by atoms with Gasteiger partial charge in [-0.05, 0) is 31.7 Å². The Labute approximate surface area is 145 Å². The molecule has 2 bridgehead atoms. The first-order valence-corrected chi connectivity index (χ1v) is 9.29. The minimum Gasteiger partial charge on any atom is -0.338 e. The van der Waals surface area contributed by atoms with E-state index < -0.39 is 0 Å². The molecule has 7 heteroatoms. The number of piperidine rings is 1. The van der Waals surface area contributed by atoms with Crippen molar-refractivity contribution in [2.45, 2.75) is 32.2 Å². The summed E-state index contributed by atoms with van der Waals surface area (Å²) in [6.45, 7) is 4.57. The molecule has 1 amide bonds. The Morgan fingerprint density at radius 3 is 2.83 bits per heavy atom. The second-order valence-electron chi connectivity index (χ2n) is 6.63. The topological polar surface area (TPSA) is 62.2 Å². The van der Waals surface area contributed by atoms with E-state index in [0.29, 0.717) is 12.3 Å². The molecule has 2 aromatic heterocycles. The number of aryl methyl sites for hydroxylation is 1. The first-order chi connectivity index (χ1) is 11.7. The monoisotopic (exact) mass is 343 g/mol. The molecule has 0 aliphatic carbocycles. The van der Waals surface area contributed by atoms with Crippen molar-refractivity contribution in [3.63, 3.8) is 0 Å². The highest BCUT2D eigenvalue weighted by Gasteiger charge is 2.37. The summed E-state index contributed by atoms with van der Waals surface area (Å²) >= 11 is 1.60. The number of carbonyl (C=O) groups is 1. The van der Waals surface area contributed by atoms with Gasteiger partial charge in [-0.2, -0.15) is 0 Å². The summed E-state index contributed by atoms with van der Waals surface area (Å²) in [5.41, 5.74) is 0.894. The lowest BCUT2D eigenvalue weighted by Gasteiger charge is -2.36. The summed E-state index contributed by atoms with van der Waals surface area (Å²) in [4.78, 5) is 30.3. The van der Waals surface area contributed by atoms with E-state index in [1.54, 1.807) is 23.7 Å². The zero-order valence-electron chi connectivity index (χ0n) is 13.8. The Bertz CT molecular complexity index is 719. The van der Waals surface area contributed by atoms with Crippen LogP contribution in [0.3, 0.4) is 0 Å². The molecule has 0 saturated carbocycles. The van der Waals surface area contributed by atoms with Crippen LogP contribution in [-0.4, -0.2) is 51.4 Å². The number of fused-ring (bicyclic) bond motifs is 4. The standard InChI is InChI=1S/C17H21N5OS/c1-12-20-14(11-24-12)7-16(23)22-9-13-3-4-15(22)10-21(8-13)17-18-5-2-6-19-17/h2,5-6,11,13,15H,3-4,7-10H2,1H3. The second kappa shape index (κ2) is 6.47. The first-order valence-electron chi connectivity index (χ1n) is 8.41. The van der Waals surface area contributed by atoms with Gasteiger partial charge < -0.3 is 9.80 Å². The van der Waals surface area contributed by atoms with Gasteiger partial charge in [-0.15, -0.1) is 11.3 Å². The Kier molecular flexibility index (Phi) is 4.18. The molecule has 2 atom stereocenters. The van der Waals surface area contributed by atoms with Gasteiger partial charge in [0.1, 0.15) is 0 Å². The first kappa shape index (κ1) is 15.5. The van der Waals surface area contributed by atoms with Crippen LogP contribution in [0.5, 0.6) is 0 Å². The van der Waals surface area contributed by atoms with Crippen LogP contribution in [-0.2, 0) is 11.2 Å². The molecular weight excluding hydrogens is 322 g/mol. The SMILES string of the molecule is Cc1nc(CC(=O)N2CC3CCC2CN(c2ncccn2)C3)cs1. The molecule has 2 aromatic rings. The molecular formula is C17H21N5OS. The third kappa shape index (κ3) is 3.13. The largest absolute Gasteiger partial charge is 0.338 e. The van der Waals surface area contributed by atoms with Crippen molar-refractivity contribution >= 4 is 23.2 Å². The van der Waals surface area contributed by atoms with Crippen molar-refractivity contribution in [1.82, 2.24) is 19.9 Å². The van der Waals surface area contributed by atoms with Crippen LogP contribution >= 0.6 is 11.3 Å². The van der Waals surface area contributed by atoms with Crippen LogP contribution in [0.25, 0.3) is 0 Å². The van der Waals surface area contributed by atoms with E-state index in [4.69, 9.17) is 0 Å². The smallest absolute Gasteiger partial charge is 0.228 e. The summed E-state index contributed by atoms with van der Waals surface area (Å²) < 4.78 is 0. The van der Waals surface area contributed by atoms with Gasteiger partial charge in [0.15, 0.2) is 0 Å². The average molecular weight is 343 g/mol. The van der Waals surface area contributed by atoms with Crippen LogP contribution in [0.4, 0.5) is 5.95 Å². The highest BCUT2D eigenvalue weighted by atomic mass is 32.1. The molecule has 0 aromatic carbocycles. The van der Waals surface area contributed by atoms with Crippen LogP contribution in [0.1, 0.15) is 23.5 Å². The maximum atomic E-state index is 12.8. The van der Waals surface area contributed by atoms with E-state index in [1.807, 2.05) is 18.4 Å². The summed E-state index contributed by atoms with van der Waals surface area (Å²) in [5.74, 6) is 1.47. The van der Waals surface area contributed by atoms with Gasteiger partial charge in [0, 0.05) is 43.4 Å². The Hall–Kier alpha value is -2.02. The maximum Gasteiger partial charge on any atom is 0.228 e. The molecule has 24 heavy (non-hydrogen) atoms. The number of hydrogen-bond acceptors (Lipinski definition) is 6. The Morgan fingerprint density at radius 2 is 2.08 bits per heavy atom. The summed E-state index contributed by atoms with van der Waals surface area (Å²) in [6.07, 6.45) is 6.21. The molecule has 3 aliphatic heterocycles. The molecule has 0 spiro atoms. The minimum atomic E-state index is 0.200. The van der Waals surface area contributed by atoms with E-state index in [9.17, 15) is 4.79 Å². The molecule has 5 heterocycles. The molecule has 3 saturated heterocycles. The fourth-order valence-electron chi connectivity index (χ4n) is 3.75. The maximum absolute atomic E-state index is 12.8. The van der Waals surface area contributed by atoms with Crippen molar-refractivity contribution in [2.75, 3.05) is 24.5 Å². The molecule has 6 nitrogen and oxygen atoms in total. The van der Waals surface area contributed by atoms with E-state index >= 15 is 0 Å². The van der Waals surface area contributed by atoms with Gasteiger partial charge in [0.2, 0.25) is 11.9 Å². The van der Waals surface area contributed by atoms with Gasteiger partial charge in [0.25, 0.3) is 0 Å². The Balaban J connectivity index is 1.49. The van der Waals surface area contributed by atoms with Gasteiger partial charge in [-0.25, -0.2) is 15.0 Å². The predicted octanol–water partition coefficient (Wildman–Crippen LogP) is 1.91. The van der Waals surface area contributed by atoms with Gasteiger partial charge in [-0.1, -0.05) is 0 Å². The lowest BCUT2D eigenvalue weighted by molar-refractivity contribution is -0.134. The summed E-state index contributed by atoms with van der Waals surface area (Å²) in [7, 11) is 0. The third-order valence-corrected chi connectivity index (χ3v) is 5.69. The van der Waals surface area contributed by atoms with Gasteiger partial charge in [-0.3, -0.25) is 4.79 Å². The molecule has 5 rings (SSSR count). The second-order valence-corrected chi connectivity index (χ2v) is 7.69. The number of nitrogens with zero attached hydrogens (tertiary/aromatic N) is 5. The lowest BCUT2D eigenvalue weighted by atomic mass is 9.94. The van der Waals surface area contributed by atoms with E-state index in [2.05, 4.69) is 24.8 Å². The zero-order chi connectivity index (χ0) is 16.5. The predicted molar refractivity (Wildman–Crippen MR) is 93.0 cm³/mol. The number of thiazole rings is 1. The number of carbonyl (C=O) groups excluding carboxylic acids is 1. The van der Waals surface area contributed by atoms with Crippen LogP contribution in [0.2, 0.25) is 0 Å².